The van der Waals surface area contributed by atoms with Gasteiger partial charge in [0.1, 0.15) is 5.82 Å². The SMILES string of the molecule is Cc1cc(Br)c(N)nc1C. The van der Waals surface area contributed by atoms with Crippen molar-refractivity contribution >= 4 is 21.7 Å². The lowest BCUT2D eigenvalue weighted by atomic mass is 10.2. The molecule has 0 spiro atoms. The van der Waals surface area contributed by atoms with Gasteiger partial charge < -0.3 is 5.73 Å². The van der Waals surface area contributed by atoms with E-state index in [2.05, 4.69) is 20.9 Å². The lowest BCUT2D eigenvalue weighted by Crippen LogP contribution is -1.95. The van der Waals surface area contributed by atoms with Crippen molar-refractivity contribution in [2.24, 2.45) is 0 Å². The highest BCUT2D eigenvalue weighted by Crippen LogP contribution is 2.19. The Morgan fingerprint density at radius 1 is 1.50 bits per heavy atom. The second-order valence-electron chi connectivity index (χ2n) is 2.26. The second kappa shape index (κ2) is 2.58. The topological polar surface area (TPSA) is 38.9 Å². The lowest BCUT2D eigenvalue weighted by Gasteiger charge is -2.01. The van der Waals surface area contributed by atoms with E-state index in [1.165, 1.54) is 0 Å². The number of nitrogen functional groups attached to an aromatic ring is 1. The molecular weight excluding hydrogens is 192 g/mol. The Kier molecular flexibility index (Phi) is 1.94. The molecule has 0 atom stereocenters. The summed E-state index contributed by atoms with van der Waals surface area (Å²) >= 11 is 3.29. The van der Waals surface area contributed by atoms with Crippen molar-refractivity contribution in [1.29, 1.82) is 0 Å². The van der Waals surface area contributed by atoms with Crippen molar-refractivity contribution < 1.29 is 0 Å². The highest BCUT2D eigenvalue weighted by Gasteiger charge is 1.99. The highest BCUT2D eigenvalue weighted by molar-refractivity contribution is 9.10. The number of halogens is 1. The number of anilines is 1. The van der Waals surface area contributed by atoms with E-state index in [-0.39, 0.29) is 0 Å². The van der Waals surface area contributed by atoms with Crippen LogP contribution < -0.4 is 5.73 Å². The number of rotatable bonds is 0. The number of nitrogens with two attached hydrogens (primary N) is 1. The number of aryl methyl sites for hydroxylation is 2. The van der Waals surface area contributed by atoms with Crippen LogP contribution in [0.25, 0.3) is 0 Å². The Morgan fingerprint density at radius 3 is 2.60 bits per heavy atom. The summed E-state index contributed by atoms with van der Waals surface area (Å²) in [5, 5.41) is 0. The number of hydrogen-bond acceptors (Lipinski definition) is 2. The predicted octanol–water partition coefficient (Wildman–Crippen LogP) is 2.04. The van der Waals surface area contributed by atoms with Crippen molar-refractivity contribution in [1.82, 2.24) is 4.98 Å². The minimum atomic E-state index is 0.558. The Bertz CT molecular complexity index is 208. The van der Waals surface area contributed by atoms with Crippen molar-refractivity contribution in [3.8, 4) is 0 Å². The Balaban J connectivity index is 3.28. The molecule has 1 rings (SSSR count). The molecule has 0 amide bonds. The summed E-state index contributed by atoms with van der Waals surface area (Å²) in [5.74, 6) is 0.558. The maximum atomic E-state index is 5.53. The number of hydrogen-bond donors (Lipinski definition) is 1. The summed E-state index contributed by atoms with van der Waals surface area (Å²) in [4.78, 5) is 4.10. The molecule has 0 bridgehead atoms. The zero-order valence-electron chi connectivity index (χ0n) is 5.98. The van der Waals surface area contributed by atoms with E-state index in [0.29, 0.717) is 5.82 Å². The third-order valence-corrected chi connectivity index (χ3v) is 2.08. The molecular formula is C7H9BrN2. The van der Waals surface area contributed by atoms with Gasteiger partial charge in [-0.25, -0.2) is 4.98 Å². The average molecular weight is 201 g/mol. The lowest BCUT2D eigenvalue weighted by molar-refractivity contribution is 1.15. The predicted molar refractivity (Wildman–Crippen MR) is 45.8 cm³/mol. The van der Waals surface area contributed by atoms with Crippen LogP contribution in [-0.4, -0.2) is 4.98 Å². The second-order valence-corrected chi connectivity index (χ2v) is 3.11. The molecule has 10 heavy (non-hydrogen) atoms. The summed E-state index contributed by atoms with van der Waals surface area (Å²) in [6.45, 7) is 3.95. The quantitative estimate of drug-likeness (QED) is 0.697. The maximum Gasteiger partial charge on any atom is 0.138 e. The van der Waals surface area contributed by atoms with Gasteiger partial charge in [0.15, 0.2) is 0 Å². The highest BCUT2D eigenvalue weighted by atomic mass is 79.9. The Labute approximate surface area is 68.6 Å². The van der Waals surface area contributed by atoms with Crippen molar-refractivity contribution in [2.45, 2.75) is 13.8 Å². The zero-order valence-corrected chi connectivity index (χ0v) is 7.57. The van der Waals surface area contributed by atoms with Crippen LogP contribution in [0.3, 0.4) is 0 Å². The van der Waals surface area contributed by atoms with E-state index in [1.807, 2.05) is 19.9 Å². The molecule has 3 heteroatoms. The van der Waals surface area contributed by atoms with Gasteiger partial charge in [0.05, 0.1) is 4.47 Å². The van der Waals surface area contributed by atoms with Crippen LogP contribution in [0.5, 0.6) is 0 Å². The molecule has 0 saturated heterocycles. The third kappa shape index (κ3) is 1.29. The van der Waals surface area contributed by atoms with Gasteiger partial charge in [-0.3, -0.25) is 0 Å². The standard InChI is InChI=1S/C7H9BrN2/c1-4-3-6(8)7(9)10-5(4)2/h3H,1-2H3,(H2,9,10). The summed E-state index contributed by atoms with van der Waals surface area (Å²) in [6.07, 6.45) is 0. The fourth-order valence-electron chi connectivity index (χ4n) is 0.691. The van der Waals surface area contributed by atoms with Crippen LogP contribution in [0, 0.1) is 13.8 Å². The molecule has 54 valence electrons. The minimum absolute atomic E-state index is 0.558. The first-order valence-electron chi connectivity index (χ1n) is 3.00. The molecule has 1 aromatic heterocycles. The zero-order chi connectivity index (χ0) is 7.72. The van der Waals surface area contributed by atoms with E-state index < -0.39 is 0 Å². The summed E-state index contributed by atoms with van der Waals surface area (Å²) in [6, 6.07) is 1.97. The van der Waals surface area contributed by atoms with Gasteiger partial charge >= 0.3 is 0 Å². The summed E-state index contributed by atoms with van der Waals surface area (Å²) in [5.41, 5.74) is 7.67. The van der Waals surface area contributed by atoms with Crippen LogP contribution >= 0.6 is 15.9 Å². The molecule has 1 heterocycles. The number of nitrogens with zero attached hydrogens (tertiary/aromatic N) is 1. The van der Waals surface area contributed by atoms with Crippen LogP contribution in [0.4, 0.5) is 5.82 Å². The van der Waals surface area contributed by atoms with Gasteiger partial charge in [-0.2, -0.15) is 0 Å². The minimum Gasteiger partial charge on any atom is -0.383 e. The van der Waals surface area contributed by atoms with Crippen molar-refractivity contribution in [2.75, 3.05) is 5.73 Å². The Morgan fingerprint density at radius 2 is 2.10 bits per heavy atom. The van der Waals surface area contributed by atoms with Crippen molar-refractivity contribution in [3.63, 3.8) is 0 Å². The molecule has 0 saturated carbocycles. The molecule has 0 aliphatic heterocycles. The van der Waals surface area contributed by atoms with Gasteiger partial charge in [-0.15, -0.1) is 0 Å². The van der Waals surface area contributed by atoms with E-state index in [4.69, 9.17) is 5.73 Å². The molecule has 2 N–H and O–H groups in total. The van der Waals surface area contributed by atoms with E-state index in [0.717, 1.165) is 15.7 Å². The van der Waals surface area contributed by atoms with Crippen molar-refractivity contribution in [3.05, 3.63) is 21.8 Å². The smallest absolute Gasteiger partial charge is 0.138 e. The molecule has 2 nitrogen and oxygen atoms in total. The first-order valence-corrected chi connectivity index (χ1v) is 3.80. The molecule has 0 aromatic carbocycles. The summed E-state index contributed by atoms with van der Waals surface area (Å²) in [7, 11) is 0. The fraction of sp³-hybridized carbons (Fsp3) is 0.286. The number of pyridine rings is 1. The molecule has 0 unspecified atom stereocenters. The van der Waals surface area contributed by atoms with Gasteiger partial charge in [-0.1, -0.05) is 0 Å². The van der Waals surface area contributed by atoms with Crippen LogP contribution in [0.1, 0.15) is 11.3 Å². The van der Waals surface area contributed by atoms with Crippen LogP contribution in [0.2, 0.25) is 0 Å². The largest absolute Gasteiger partial charge is 0.383 e. The van der Waals surface area contributed by atoms with E-state index in [1.54, 1.807) is 0 Å². The molecule has 0 aliphatic rings. The fourth-order valence-corrected chi connectivity index (χ4v) is 1.12. The van der Waals surface area contributed by atoms with Gasteiger partial charge in [-0.05, 0) is 41.4 Å². The van der Waals surface area contributed by atoms with Gasteiger partial charge in [0.25, 0.3) is 0 Å². The first kappa shape index (κ1) is 7.54. The molecule has 0 radical (unpaired) electrons. The monoisotopic (exact) mass is 200 g/mol. The molecule has 1 aromatic rings. The molecule has 0 aliphatic carbocycles. The van der Waals surface area contributed by atoms with Crippen LogP contribution in [-0.2, 0) is 0 Å². The summed E-state index contributed by atoms with van der Waals surface area (Å²) < 4.78 is 0.871. The normalized spacial score (nSPS) is 9.90. The number of aromatic nitrogens is 1. The Hall–Kier alpha value is -0.570. The third-order valence-electron chi connectivity index (χ3n) is 1.45. The van der Waals surface area contributed by atoms with E-state index in [9.17, 15) is 0 Å². The maximum absolute atomic E-state index is 5.53. The van der Waals surface area contributed by atoms with Crippen LogP contribution in [0.15, 0.2) is 10.5 Å². The van der Waals surface area contributed by atoms with Gasteiger partial charge in [0, 0.05) is 5.69 Å². The first-order chi connectivity index (χ1) is 4.61. The van der Waals surface area contributed by atoms with E-state index >= 15 is 0 Å². The average Bonchev–Trinajstić information content (AvgIpc) is 1.84. The van der Waals surface area contributed by atoms with Gasteiger partial charge in [0.2, 0.25) is 0 Å². The molecule has 0 fully saturated rings.